The van der Waals surface area contributed by atoms with Gasteiger partial charge in [-0.25, -0.2) is 4.98 Å². The number of hydrogen-bond donors (Lipinski definition) is 1. The fraction of sp³-hybridized carbons (Fsp3) is 0.200. The van der Waals surface area contributed by atoms with Crippen molar-refractivity contribution in [1.29, 1.82) is 0 Å². The molecule has 0 aliphatic heterocycles. The number of rotatable bonds is 5. The van der Waals surface area contributed by atoms with Crippen LogP contribution in [0.1, 0.15) is 16.8 Å². The summed E-state index contributed by atoms with van der Waals surface area (Å²) in [7, 11) is 2.02. The predicted molar refractivity (Wildman–Crippen MR) is 99.8 cm³/mol. The molecule has 0 saturated heterocycles. The SMILES string of the molecule is Cc1cc(N(C)c2ccccc2)nc(NCc2ccccc2C)n1. The number of benzene rings is 2. The first-order valence-electron chi connectivity index (χ1n) is 8.06. The number of aromatic nitrogens is 2. The summed E-state index contributed by atoms with van der Waals surface area (Å²) in [4.78, 5) is 11.2. The molecule has 4 nitrogen and oxygen atoms in total. The first-order chi connectivity index (χ1) is 11.6. The van der Waals surface area contributed by atoms with Gasteiger partial charge in [-0.3, -0.25) is 0 Å². The van der Waals surface area contributed by atoms with Gasteiger partial charge in [0.2, 0.25) is 5.95 Å². The highest BCUT2D eigenvalue weighted by Gasteiger charge is 2.08. The van der Waals surface area contributed by atoms with Crippen molar-refractivity contribution in [3.05, 3.63) is 77.5 Å². The second-order valence-electron chi connectivity index (χ2n) is 5.87. The molecule has 0 amide bonds. The monoisotopic (exact) mass is 318 g/mol. The van der Waals surface area contributed by atoms with E-state index in [2.05, 4.69) is 63.5 Å². The van der Waals surface area contributed by atoms with Gasteiger partial charge in [-0.05, 0) is 37.1 Å². The van der Waals surface area contributed by atoms with Crippen LogP contribution in [0.5, 0.6) is 0 Å². The molecular formula is C20H22N4. The molecule has 24 heavy (non-hydrogen) atoms. The molecule has 1 heterocycles. The van der Waals surface area contributed by atoms with Gasteiger partial charge >= 0.3 is 0 Å². The van der Waals surface area contributed by atoms with Gasteiger partial charge in [-0.2, -0.15) is 4.98 Å². The zero-order chi connectivity index (χ0) is 16.9. The predicted octanol–water partition coefficient (Wildman–Crippen LogP) is 4.47. The van der Waals surface area contributed by atoms with Gasteiger partial charge < -0.3 is 10.2 Å². The molecule has 0 atom stereocenters. The average molecular weight is 318 g/mol. The van der Waals surface area contributed by atoms with E-state index in [0.29, 0.717) is 12.5 Å². The third kappa shape index (κ3) is 3.71. The first-order valence-corrected chi connectivity index (χ1v) is 8.06. The lowest BCUT2D eigenvalue weighted by Crippen LogP contribution is -2.14. The van der Waals surface area contributed by atoms with E-state index in [9.17, 15) is 0 Å². The second kappa shape index (κ2) is 7.13. The quantitative estimate of drug-likeness (QED) is 0.753. The van der Waals surface area contributed by atoms with Crippen LogP contribution in [0.2, 0.25) is 0 Å². The molecule has 2 aromatic carbocycles. The molecule has 0 fully saturated rings. The van der Waals surface area contributed by atoms with E-state index < -0.39 is 0 Å². The van der Waals surface area contributed by atoms with Crippen LogP contribution in [0.4, 0.5) is 17.5 Å². The molecule has 0 radical (unpaired) electrons. The van der Waals surface area contributed by atoms with E-state index in [1.807, 2.05) is 38.2 Å². The molecule has 0 bridgehead atoms. The zero-order valence-electron chi connectivity index (χ0n) is 14.3. The van der Waals surface area contributed by atoms with E-state index in [1.54, 1.807) is 0 Å². The van der Waals surface area contributed by atoms with Crippen LogP contribution in [0.15, 0.2) is 60.7 Å². The number of aryl methyl sites for hydroxylation is 2. The molecule has 1 N–H and O–H groups in total. The molecule has 0 aliphatic rings. The molecule has 0 spiro atoms. The van der Waals surface area contributed by atoms with E-state index in [4.69, 9.17) is 0 Å². The Labute approximate surface area is 143 Å². The Morgan fingerprint density at radius 1 is 0.917 bits per heavy atom. The van der Waals surface area contributed by atoms with Crippen molar-refractivity contribution in [2.45, 2.75) is 20.4 Å². The van der Waals surface area contributed by atoms with Crippen LogP contribution in [0.25, 0.3) is 0 Å². The lowest BCUT2D eigenvalue weighted by Gasteiger charge is -2.19. The van der Waals surface area contributed by atoms with Crippen LogP contribution in [-0.2, 0) is 6.54 Å². The van der Waals surface area contributed by atoms with Crippen molar-refractivity contribution in [2.75, 3.05) is 17.3 Å². The van der Waals surface area contributed by atoms with Gasteiger partial charge in [0.05, 0.1) is 0 Å². The minimum atomic E-state index is 0.649. The maximum absolute atomic E-state index is 4.66. The number of anilines is 3. The van der Waals surface area contributed by atoms with Crippen molar-refractivity contribution < 1.29 is 0 Å². The number of hydrogen-bond acceptors (Lipinski definition) is 4. The Bertz CT molecular complexity index is 815. The summed E-state index contributed by atoms with van der Waals surface area (Å²) in [6, 6.07) is 20.5. The highest BCUT2D eigenvalue weighted by Crippen LogP contribution is 2.23. The maximum Gasteiger partial charge on any atom is 0.225 e. The number of para-hydroxylation sites is 1. The van der Waals surface area contributed by atoms with Crippen LogP contribution in [0, 0.1) is 13.8 Å². The smallest absolute Gasteiger partial charge is 0.225 e. The zero-order valence-corrected chi connectivity index (χ0v) is 14.3. The summed E-state index contributed by atoms with van der Waals surface area (Å²) in [5.74, 6) is 1.53. The van der Waals surface area contributed by atoms with E-state index in [1.165, 1.54) is 11.1 Å². The van der Waals surface area contributed by atoms with E-state index >= 15 is 0 Å². The molecule has 0 saturated carbocycles. The fourth-order valence-electron chi connectivity index (χ4n) is 2.57. The molecule has 0 unspecified atom stereocenters. The summed E-state index contributed by atoms with van der Waals surface area (Å²) < 4.78 is 0. The molecule has 4 heteroatoms. The third-order valence-electron chi connectivity index (χ3n) is 4.03. The summed E-state index contributed by atoms with van der Waals surface area (Å²) in [6.07, 6.45) is 0. The van der Waals surface area contributed by atoms with Crippen molar-refractivity contribution in [3.63, 3.8) is 0 Å². The Morgan fingerprint density at radius 2 is 1.62 bits per heavy atom. The highest BCUT2D eigenvalue weighted by atomic mass is 15.2. The third-order valence-corrected chi connectivity index (χ3v) is 4.03. The molecule has 3 rings (SSSR count). The minimum Gasteiger partial charge on any atom is -0.350 e. The number of nitrogens with zero attached hydrogens (tertiary/aromatic N) is 3. The van der Waals surface area contributed by atoms with Crippen LogP contribution >= 0.6 is 0 Å². The topological polar surface area (TPSA) is 41.1 Å². The molecule has 0 aliphatic carbocycles. The van der Waals surface area contributed by atoms with Crippen LogP contribution in [-0.4, -0.2) is 17.0 Å². The van der Waals surface area contributed by atoms with Gasteiger partial charge in [-0.15, -0.1) is 0 Å². The van der Waals surface area contributed by atoms with E-state index in [0.717, 1.165) is 17.2 Å². The second-order valence-corrected chi connectivity index (χ2v) is 5.87. The van der Waals surface area contributed by atoms with E-state index in [-0.39, 0.29) is 0 Å². The Hall–Kier alpha value is -2.88. The van der Waals surface area contributed by atoms with Gasteiger partial charge in [-0.1, -0.05) is 42.5 Å². The Balaban J connectivity index is 1.80. The minimum absolute atomic E-state index is 0.649. The van der Waals surface area contributed by atoms with Gasteiger partial charge in [0.25, 0.3) is 0 Å². The highest BCUT2D eigenvalue weighted by molar-refractivity contribution is 5.60. The Morgan fingerprint density at radius 3 is 2.38 bits per heavy atom. The average Bonchev–Trinajstić information content (AvgIpc) is 2.61. The first kappa shape index (κ1) is 16.0. The van der Waals surface area contributed by atoms with Gasteiger partial charge in [0.1, 0.15) is 5.82 Å². The summed E-state index contributed by atoms with van der Waals surface area (Å²) in [5.41, 5.74) is 4.55. The molecule has 3 aromatic rings. The molecular weight excluding hydrogens is 296 g/mol. The van der Waals surface area contributed by atoms with Crippen molar-refractivity contribution in [3.8, 4) is 0 Å². The molecule has 1 aromatic heterocycles. The summed E-state index contributed by atoms with van der Waals surface area (Å²) >= 11 is 0. The Kier molecular flexibility index (Phi) is 4.75. The lowest BCUT2D eigenvalue weighted by atomic mass is 10.1. The van der Waals surface area contributed by atoms with Crippen molar-refractivity contribution in [1.82, 2.24) is 9.97 Å². The number of nitrogens with one attached hydrogen (secondary N) is 1. The largest absolute Gasteiger partial charge is 0.350 e. The summed E-state index contributed by atoms with van der Waals surface area (Å²) in [6.45, 7) is 4.82. The van der Waals surface area contributed by atoms with Crippen LogP contribution in [0.3, 0.4) is 0 Å². The van der Waals surface area contributed by atoms with Crippen molar-refractivity contribution >= 4 is 17.5 Å². The standard InChI is InChI=1S/C20H22N4/c1-15-9-7-8-10-17(15)14-21-20-22-16(2)13-19(23-20)24(3)18-11-5-4-6-12-18/h4-13H,14H2,1-3H3,(H,21,22,23). The van der Waals surface area contributed by atoms with Crippen molar-refractivity contribution in [2.24, 2.45) is 0 Å². The summed E-state index contributed by atoms with van der Waals surface area (Å²) in [5, 5.41) is 3.34. The lowest BCUT2D eigenvalue weighted by molar-refractivity contribution is 1.00. The van der Waals surface area contributed by atoms with Gasteiger partial charge in [0.15, 0.2) is 0 Å². The van der Waals surface area contributed by atoms with Gasteiger partial charge in [0, 0.05) is 31.0 Å². The van der Waals surface area contributed by atoms with Crippen LogP contribution < -0.4 is 10.2 Å². The maximum atomic E-state index is 4.66. The fourth-order valence-corrected chi connectivity index (χ4v) is 2.57. The normalized spacial score (nSPS) is 10.5. The molecule has 122 valence electrons.